The highest BCUT2D eigenvalue weighted by molar-refractivity contribution is 5.75. The highest BCUT2D eigenvalue weighted by Gasteiger charge is 1.73. The van der Waals surface area contributed by atoms with Crippen molar-refractivity contribution in [2.75, 3.05) is 0 Å². The van der Waals surface area contributed by atoms with Crippen LogP contribution in [0.3, 0.4) is 0 Å². The maximum atomic E-state index is 2.92. The summed E-state index contributed by atoms with van der Waals surface area (Å²) in [5.41, 5.74) is 0. The quantitative estimate of drug-likeness (QED) is 0.432. The topological polar surface area (TPSA) is 12.0 Å². The van der Waals surface area contributed by atoms with Gasteiger partial charge >= 0.3 is 0 Å². The Morgan fingerprint density at radius 3 is 1.86 bits per heavy atom. The zero-order valence-electron chi connectivity index (χ0n) is 4.09. The fourth-order valence-corrected chi connectivity index (χ4v) is 0.406. The second kappa shape index (κ2) is 3.53. The molecule has 1 nitrogen and oxygen atoms in total. The van der Waals surface area contributed by atoms with Gasteiger partial charge in [0.2, 0.25) is 0 Å². The Balaban J connectivity index is 0.000000360. The lowest BCUT2D eigenvalue weighted by Crippen LogP contribution is -1.93. The molecule has 1 aliphatic rings. The van der Waals surface area contributed by atoms with E-state index >= 15 is 0 Å². The summed E-state index contributed by atoms with van der Waals surface area (Å²) in [5.74, 6) is 0. The predicted molar refractivity (Wildman–Crippen MR) is 31.8 cm³/mol. The Labute approximate surface area is 45.7 Å². The van der Waals surface area contributed by atoms with E-state index in [4.69, 9.17) is 0 Å². The lowest BCUT2D eigenvalue weighted by atomic mass is 10.4. The molecule has 0 amide bonds. The lowest BCUT2D eigenvalue weighted by molar-refractivity contribution is 1.11. The summed E-state index contributed by atoms with van der Waals surface area (Å²) in [7, 11) is 0. The van der Waals surface area contributed by atoms with E-state index in [1.54, 1.807) is 0 Å². The van der Waals surface area contributed by atoms with Crippen molar-refractivity contribution in [3.8, 4) is 0 Å². The second-order valence-electron chi connectivity index (χ2n) is 1.21. The third-order valence-corrected chi connectivity index (χ3v) is 0.700. The van der Waals surface area contributed by atoms with Crippen molar-refractivity contribution in [2.24, 2.45) is 0 Å². The van der Waals surface area contributed by atoms with Crippen molar-refractivity contribution in [3.63, 3.8) is 0 Å². The fraction of sp³-hybridized carbons (Fsp3) is 0.200. The van der Waals surface area contributed by atoms with E-state index in [0.29, 0.717) is 0 Å². The van der Waals surface area contributed by atoms with E-state index in [2.05, 4.69) is 17.5 Å². The van der Waals surface area contributed by atoms with Gasteiger partial charge in [0, 0.05) is 8.41 Å². The van der Waals surface area contributed by atoms with E-state index in [1.807, 2.05) is 12.4 Å². The molecule has 0 saturated heterocycles. The van der Waals surface area contributed by atoms with Crippen molar-refractivity contribution >= 4 is 8.41 Å². The second-order valence-corrected chi connectivity index (χ2v) is 1.21. The van der Waals surface area contributed by atoms with Crippen LogP contribution < -0.4 is 5.32 Å². The smallest absolute Gasteiger partial charge is 0 e. The molecule has 1 N–H and O–H groups in total. The highest BCUT2D eigenvalue weighted by Crippen LogP contribution is 1.86. The van der Waals surface area contributed by atoms with Gasteiger partial charge in [0.15, 0.2) is 0 Å². The minimum atomic E-state index is 0. The van der Waals surface area contributed by atoms with E-state index in [1.165, 1.54) is 0 Å². The molecule has 0 aromatic carbocycles. The number of dihydropyridines is 1. The molecule has 0 unspecified atom stereocenters. The summed E-state index contributed by atoms with van der Waals surface area (Å²) < 4.78 is 0. The average Bonchev–Trinajstić information content (AvgIpc) is 1.72. The van der Waals surface area contributed by atoms with Crippen molar-refractivity contribution < 1.29 is 0 Å². The van der Waals surface area contributed by atoms with Crippen LogP contribution in [-0.2, 0) is 0 Å². The van der Waals surface area contributed by atoms with Gasteiger partial charge in [0.25, 0.3) is 0 Å². The van der Waals surface area contributed by atoms with Gasteiger partial charge in [0.05, 0.1) is 0 Å². The number of rotatable bonds is 0. The third kappa shape index (κ3) is 2.09. The molecule has 0 bridgehead atoms. The molecule has 0 aliphatic carbocycles. The van der Waals surface area contributed by atoms with Gasteiger partial charge in [-0.3, -0.25) is 0 Å². The van der Waals surface area contributed by atoms with Crippen LogP contribution in [0.4, 0.5) is 0 Å². The van der Waals surface area contributed by atoms with E-state index in [0.717, 1.165) is 6.42 Å². The summed E-state index contributed by atoms with van der Waals surface area (Å²) >= 11 is 0. The molecule has 1 heterocycles. The molecular weight excluding hydrogens is 84.9 g/mol. The number of hydrogen-bond acceptors (Lipinski definition) is 1. The SMILES string of the molecule is C1=CNC=CC1.[B]. The van der Waals surface area contributed by atoms with E-state index in [-0.39, 0.29) is 8.41 Å². The maximum absolute atomic E-state index is 2.92. The molecule has 0 spiro atoms. The number of hydrogen-bond donors (Lipinski definition) is 1. The van der Waals surface area contributed by atoms with Crippen molar-refractivity contribution in [2.45, 2.75) is 6.42 Å². The summed E-state index contributed by atoms with van der Waals surface area (Å²) in [4.78, 5) is 0. The molecule has 1 aliphatic heterocycles. The Bertz CT molecular complexity index is 66.1. The van der Waals surface area contributed by atoms with Crippen molar-refractivity contribution in [1.29, 1.82) is 0 Å². The first-order valence-corrected chi connectivity index (χ1v) is 2.06. The molecule has 7 heavy (non-hydrogen) atoms. The van der Waals surface area contributed by atoms with Crippen molar-refractivity contribution in [1.82, 2.24) is 5.32 Å². The largest absolute Gasteiger partial charge is 0.368 e. The van der Waals surface area contributed by atoms with E-state index < -0.39 is 0 Å². The molecule has 1 rings (SSSR count). The third-order valence-electron chi connectivity index (χ3n) is 0.700. The maximum Gasteiger partial charge on any atom is 0 e. The molecule has 0 aromatic heterocycles. The van der Waals surface area contributed by atoms with Crippen LogP contribution >= 0.6 is 0 Å². The molecule has 0 saturated carbocycles. The van der Waals surface area contributed by atoms with Gasteiger partial charge in [-0.25, -0.2) is 0 Å². The first kappa shape index (κ1) is 6.34. The molecule has 0 fully saturated rings. The van der Waals surface area contributed by atoms with Crippen LogP contribution in [0.15, 0.2) is 24.6 Å². The summed E-state index contributed by atoms with van der Waals surface area (Å²) in [5, 5.41) is 2.92. The number of nitrogens with one attached hydrogen (secondary N) is 1. The average molecular weight is 91.9 g/mol. The first-order chi connectivity index (χ1) is 3.00. The van der Waals surface area contributed by atoms with Gasteiger partial charge in [-0.05, 0) is 18.8 Å². The van der Waals surface area contributed by atoms with Gasteiger partial charge in [-0.2, -0.15) is 0 Å². The molecule has 0 aromatic rings. The monoisotopic (exact) mass is 92.1 g/mol. The van der Waals surface area contributed by atoms with Gasteiger partial charge in [-0.1, -0.05) is 12.2 Å². The van der Waals surface area contributed by atoms with Gasteiger partial charge in [0.1, 0.15) is 0 Å². The minimum absolute atomic E-state index is 0. The zero-order chi connectivity index (χ0) is 4.24. The Morgan fingerprint density at radius 1 is 1.14 bits per heavy atom. The number of allylic oxidation sites excluding steroid dienone is 2. The zero-order valence-corrected chi connectivity index (χ0v) is 4.09. The predicted octanol–water partition coefficient (Wildman–Crippen LogP) is 0.626. The highest BCUT2D eigenvalue weighted by atomic mass is 14.8. The van der Waals surface area contributed by atoms with Crippen LogP contribution in [0.5, 0.6) is 0 Å². The van der Waals surface area contributed by atoms with Crippen LogP contribution in [-0.4, -0.2) is 8.41 Å². The molecular formula is C5H7BN. The normalized spacial score (nSPS) is 14.9. The van der Waals surface area contributed by atoms with Crippen LogP contribution in [0.1, 0.15) is 6.42 Å². The van der Waals surface area contributed by atoms with E-state index in [9.17, 15) is 0 Å². The molecule has 2 heteroatoms. The summed E-state index contributed by atoms with van der Waals surface area (Å²) in [6, 6.07) is 0. The fourth-order valence-electron chi connectivity index (χ4n) is 0.406. The molecule has 35 valence electrons. The summed E-state index contributed by atoms with van der Waals surface area (Å²) in [6.07, 6.45) is 9.08. The molecule has 0 atom stereocenters. The first-order valence-electron chi connectivity index (χ1n) is 2.06. The minimum Gasteiger partial charge on any atom is -0.368 e. The van der Waals surface area contributed by atoms with Crippen LogP contribution in [0.25, 0.3) is 0 Å². The standard InChI is InChI=1S/C5H7N.B/c1-2-4-6-5-3-1;/h2-6H,1H2;. The Morgan fingerprint density at radius 2 is 1.71 bits per heavy atom. The summed E-state index contributed by atoms with van der Waals surface area (Å²) in [6.45, 7) is 0. The van der Waals surface area contributed by atoms with Crippen LogP contribution in [0, 0.1) is 0 Å². The molecule has 3 radical (unpaired) electrons. The lowest BCUT2D eigenvalue weighted by Gasteiger charge is -1.92. The van der Waals surface area contributed by atoms with Crippen molar-refractivity contribution in [3.05, 3.63) is 24.6 Å². The van der Waals surface area contributed by atoms with Gasteiger partial charge < -0.3 is 5.32 Å². The van der Waals surface area contributed by atoms with Crippen LogP contribution in [0.2, 0.25) is 0 Å². The Hall–Kier alpha value is -0.655. The Kier molecular flexibility index (Phi) is 3.20. The van der Waals surface area contributed by atoms with Gasteiger partial charge in [-0.15, -0.1) is 0 Å².